The summed E-state index contributed by atoms with van der Waals surface area (Å²) in [4.78, 5) is 2.48. The summed E-state index contributed by atoms with van der Waals surface area (Å²) >= 11 is 0. The summed E-state index contributed by atoms with van der Waals surface area (Å²) in [6.07, 6.45) is 3.62. The Morgan fingerprint density at radius 2 is 2.17 bits per heavy atom. The molecule has 0 aliphatic heterocycles. The first-order valence-electron chi connectivity index (χ1n) is 7.08. The molecular formula is C14H27N3O. The number of nitrogens with one attached hydrogen (secondary N) is 1. The van der Waals surface area contributed by atoms with Gasteiger partial charge in [0, 0.05) is 26.2 Å². The minimum absolute atomic E-state index is 0.0218. The van der Waals surface area contributed by atoms with E-state index in [4.69, 9.17) is 10.00 Å². The molecule has 4 heteroatoms. The van der Waals surface area contributed by atoms with Crippen molar-refractivity contribution in [2.45, 2.75) is 45.2 Å². The molecule has 0 aromatic heterocycles. The second kappa shape index (κ2) is 8.47. The highest BCUT2D eigenvalue weighted by Crippen LogP contribution is 2.35. The van der Waals surface area contributed by atoms with Crippen molar-refractivity contribution in [1.29, 1.82) is 5.26 Å². The van der Waals surface area contributed by atoms with Crippen molar-refractivity contribution in [2.24, 2.45) is 5.92 Å². The molecule has 0 aromatic carbocycles. The van der Waals surface area contributed by atoms with Gasteiger partial charge in [0.1, 0.15) is 0 Å². The number of nitriles is 1. The molecule has 0 saturated heterocycles. The lowest BCUT2D eigenvalue weighted by Gasteiger charge is -2.29. The smallest absolute Gasteiger partial charge is 0.0965 e. The van der Waals surface area contributed by atoms with E-state index in [1.807, 2.05) is 6.92 Å². The number of nitrogens with zero attached hydrogens (tertiary/aromatic N) is 2. The molecule has 0 bridgehead atoms. The van der Waals surface area contributed by atoms with Crippen molar-refractivity contribution in [2.75, 3.05) is 33.4 Å². The van der Waals surface area contributed by atoms with E-state index in [1.54, 1.807) is 7.11 Å². The maximum absolute atomic E-state index is 9.05. The third-order valence-electron chi connectivity index (χ3n) is 3.77. The fourth-order valence-corrected chi connectivity index (χ4v) is 2.36. The molecular weight excluding hydrogens is 226 g/mol. The zero-order valence-corrected chi connectivity index (χ0v) is 12.0. The van der Waals surface area contributed by atoms with Crippen molar-refractivity contribution in [1.82, 2.24) is 10.2 Å². The van der Waals surface area contributed by atoms with Gasteiger partial charge < -0.3 is 10.1 Å². The van der Waals surface area contributed by atoms with Gasteiger partial charge in [-0.3, -0.25) is 4.90 Å². The SMILES string of the molecule is CCNC(C#N)CCN(CCOC)C(C)C1CC1. The lowest BCUT2D eigenvalue weighted by atomic mass is 10.1. The summed E-state index contributed by atoms with van der Waals surface area (Å²) in [5, 5.41) is 12.3. The van der Waals surface area contributed by atoms with Crippen LogP contribution in [-0.2, 0) is 4.74 Å². The average molecular weight is 253 g/mol. The Balaban J connectivity index is 2.36. The maximum Gasteiger partial charge on any atom is 0.0965 e. The molecule has 0 amide bonds. The van der Waals surface area contributed by atoms with Crippen LogP contribution in [-0.4, -0.2) is 50.3 Å². The normalized spacial score (nSPS) is 18.6. The molecule has 0 spiro atoms. The molecule has 2 atom stereocenters. The van der Waals surface area contributed by atoms with Crippen LogP contribution in [0, 0.1) is 17.2 Å². The molecule has 1 aliphatic rings. The van der Waals surface area contributed by atoms with Crippen molar-refractivity contribution < 1.29 is 4.74 Å². The van der Waals surface area contributed by atoms with Crippen LogP contribution in [0.25, 0.3) is 0 Å². The number of methoxy groups -OCH3 is 1. The summed E-state index contributed by atoms with van der Waals surface area (Å²) in [6.45, 7) is 7.93. The predicted molar refractivity (Wildman–Crippen MR) is 73.3 cm³/mol. The van der Waals surface area contributed by atoms with Gasteiger partial charge in [-0.05, 0) is 38.6 Å². The van der Waals surface area contributed by atoms with Crippen LogP contribution < -0.4 is 5.32 Å². The van der Waals surface area contributed by atoms with E-state index in [0.29, 0.717) is 6.04 Å². The highest BCUT2D eigenvalue weighted by atomic mass is 16.5. The second-order valence-electron chi connectivity index (χ2n) is 5.13. The first-order chi connectivity index (χ1) is 8.72. The molecule has 0 radical (unpaired) electrons. The fraction of sp³-hybridized carbons (Fsp3) is 0.929. The van der Waals surface area contributed by atoms with Gasteiger partial charge in [0.25, 0.3) is 0 Å². The minimum atomic E-state index is -0.0218. The molecule has 0 heterocycles. The van der Waals surface area contributed by atoms with Gasteiger partial charge in [-0.15, -0.1) is 0 Å². The van der Waals surface area contributed by atoms with Gasteiger partial charge in [-0.2, -0.15) is 5.26 Å². The standard InChI is InChI=1S/C14H27N3O/c1-4-16-14(11-15)7-8-17(9-10-18-3)12(2)13-5-6-13/h12-14,16H,4-10H2,1-3H3. The van der Waals surface area contributed by atoms with Gasteiger partial charge in [0.05, 0.1) is 18.7 Å². The van der Waals surface area contributed by atoms with Crippen LogP contribution in [0.1, 0.15) is 33.1 Å². The second-order valence-corrected chi connectivity index (χ2v) is 5.13. The maximum atomic E-state index is 9.05. The molecule has 1 aliphatic carbocycles. The Bertz CT molecular complexity index is 260. The van der Waals surface area contributed by atoms with Gasteiger partial charge >= 0.3 is 0 Å². The molecule has 1 fully saturated rings. The molecule has 2 unspecified atom stereocenters. The molecule has 1 rings (SSSR count). The first kappa shape index (κ1) is 15.4. The highest BCUT2D eigenvalue weighted by molar-refractivity contribution is 4.91. The minimum Gasteiger partial charge on any atom is -0.383 e. The summed E-state index contributed by atoms with van der Waals surface area (Å²) < 4.78 is 5.18. The van der Waals surface area contributed by atoms with Crippen molar-refractivity contribution in [3.8, 4) is 6.07 Å². The molecule has 18 heavy (non-hydrogen) atoms. The molecule has 1 saturated carbocycles. The molecule has 104 valence electrons. The van der Waals surface area contributed by atoms with Gasteiger partial charge in [-0.1, -0.05) is 6.92 Å². The highest BCUT2D eigenvalue weighted by Gasteiger charge is 2.31. The van der Waals surface area contributed by atoms with E-state index in [0.717, 1.165) is 38.6 Å². The lowest BCUT2D eigenvalue weighted by molar-refractivity contribution is 0.114. The topological polar surface area (TPSA) is 48.3 Å². The van der Waals surface area contributed by atoms with E-state index < -0.39 is 0 Å². The predicted octanol–water partition coefficient (Wildman–Crippen LogP) is 1.63. The Morgan fingerprint density at radius 1 is 1.44 bits per heavy atom. The summed E-state index contributed by atoms with van der Waals surface area (Å²) in [6, 6.07) is 2.93. The third-order valence-corrected chi connectivity index (χ3v) is 3.77. The fourth-order valence-electron chi connectivity index (χ4n) is 2.36. The summed E-state index contributed by atoms with van der Waals surface area (Å²) in [7, 11) is 1.75. The lowest BCUT2D eigenvalue weighted by Crippen LogP contribution is -2.40. The number of ether oxygens (including phenoxy) is 1. The summed E-state index contributed by atoms with van der Waals surface area (Å²) in [5.41, 5.74) is 0. The quantitative estimate of drug-likeness (QED) is 0.643. The van der Waals surface area contributed by atoms with Crippen molar-refractivity contribution in [3.05, 3.63) is 0 Å². The van der Waals surface area contributed by atoms with Crippen molar-refractivity contribution in [3.63, 3.8) is 0 Å². The zero-order chi connectivity index (χ0) is 13.4. The van der Waals surface area contributed by atoms with Crippen molar-refractivity contribution >= 4 is 0 Å². The van der Waals surface area contributed by atoms with E-state index in [1.165, 1.54) is 12.8 Å². The molecule has 1 N–H and O–H groups in total. The van der Waals surface area contributed by atoms with Crippen LogP contribution in [0.3, 0.4) is 0 Å². The van der Waals surface area contributed by atoms with Crippen LogP contribution >= 0.6 is 0 Å². The monoisotopic (exact) mass is 253 g/mol. The van der Waals surface area contributed by atoms with Crippen LogP contribution in [0.15, 0.2) is 0 Å². The Labute approximate surface area is 111 Å². The number of rotatable bonds is 10. The van der Waals surface area contributed by atoms with Crippen LogP contribution in [0.2, 0.25) is 0 Å². The van der Waals surface area contributed by atoms with E-state index in [-0.39, 0.29) is 6.04 Å². The average Bonchev–Trinajstić information content (AvgIpc) is 3.21. The summed E-state index contributed by atoms with van der Waals surface area (Å²) in [5.74, 6) is 0.863. The van der Waals surface area contributed by atoms with Crippen LogP contribution in [0.5, 0.6) is 0 Å². The van der Waals surface area contributed by atoms with Gasteiger partial charge in [0.2, 0.25) is 0 Å². The van der Waals surface area contributed by atoms with E-state index in [2.05, 4.69) is 23.2 Å². The van der Waals surface area contributed by atoms with E-state index >= 15 is 0 Å². The third kappa shape index (κ3) is 5.34. The first-order valence-corrected chi connectivity index (χ1v) is 7.08. The Morgan fingerprint density at radius 3 is 2.67 bits per heavy atom. The van der Waals surface area contributed by atoms with E-state index in [9.17, 15) is 0 Å². The molecule has 4 nitrogen and oxygen atoms in total. The Hall–Kier alpha value is -0.630. The van der Waals surface area contributed by atoms with Crippen LogP contribution in [0.4, 0.5) is 0 Å². The number of hydrogen-bond acceptors (Lipinski definition) is 4. The zero-order valence-electron chi connectivity index (χ0n) is 12.0. The van der Waals surface area contributed by atoms with Gasteiger partial charge in [0.15, 0.2) is 0 Å². The number of hydrogen-bond donors (Lipinski definition) is 1. The molecule has 0 aromatic rings. The van der Waals surface area contributed by atoms with Gasteiger partial charge in [-0.25, -0.2) is 0 Å². The Kier molecular flexibility index (Phi) is 7.26. The largest absolute Gasteiger partial charge is 0.383 e.